The number of anilines is 2. The number of nitrogens with zero attached hydrogens (tertiary/aromatic N) is 1. The topological polar surface area (TPSA) is 49.4 Å². The summed E-state index contributed by atoms with van der Waals surface area (Å²) in [5, 5.41) is 4.86. The number of hydrogen-bond donors (Lipinski definition) is 1. The molecule has 0 aliphatic carbocycles. The Morgan fingerprint density at radius 3 is 2.34 bits per heavy atom. The van der Waals surface area contributed by atoms with Gasteiger partial charge >= 0.3 is 0 Å². The van der Waals surface area contributed by atoms with Crippen molar-refractivity contribution in [2.45, 2.75) is 19.8 Å². The molecule has 32 heavy (non-hydrogen) atoms. The van der Waals surface area contributed by atoms with Crippen LogP contribution in [0.25, 0.3) is 21.9 Å². The van der Waals surface area contributed by atoms with Crippen LogP contribution in [0.15, 0.2) is 84.9 Å². The summed E-state index contributed by atoms with van der Waals surface area (Å²) in [6.45, 7) is 2.83. The minimum absolute atomic E-state index is 0.0408. The van der Waals surface area contributed by atoms with Gasteiger partial charge in [-0.3, -0.25) is 9.59 Å². The molecular formula is C28H24N2O2. The smallest absolute Gasteiger partial charge is 0.258 e. The van der Waals surface area contributed by atoms with Gasteiger partial charge in [-0.25, -0.2) is 0 Å². The summed E-state index contributed by atoms with van der Waals surface area (Å²) in [5.41, 5.74) is 5.13. The van der Waals surface area contributed by atoms with Crippen LogP contribution in [0.1, 0.15) is 40.5 Å². The Labute approximate surface area is 187 Å². The lowest BCUT2D eigenvalue weighted by molar-refractivity contribution is 0.0991. The van der Waals surface area contributed by atoms with Crippen LogP contribution in [0.3, 0.4) is 0 Å². The summed E-state index contributed by atoms with van der Waals surface area (Å²) < 4.78 is 0. The first-order valence-electron chi connectivity index (χ1n) is 11.0. The van der Waals surface area contributed by atoms with Crippen molar-refractivity contribution in [3.8, 4) is 11.1 Å². The molecule has 0 bridgehead atoms. The van der Waals surface area contributed by atoms with Gasteiger partial charge in [0.25, 0.3) is 11.8 Å². The summed E-state index contributed by atoms with van der Waals surface area (Å²) in [5.74, 6) is -0.128. The van der Waals surface area contributed by atoms with Crippen molar-refractivity contribution in [1.29, 1.82) is 0 Å². The Hall–Kier alpha value is -3.92. The van der Waals surface area contributed by atoms with E-state index in [2.05, 4.69) is 12.2 Å². The number of benzene rings is 4. The van der Waals surface area contributed by atoms with Crippen molar-refractivity contribution in [3.05, 3.63) is 96.1 Å². The van der Waals surface area contributed by atoms with Crippen LogP contribution in [-0.2, 0) is 0 Å². The zero-order valence-corrected chi connectivity index (χ0v) is 18.0. The maximum absolute atomic E-state index is 13.0. The third-order valence-electron chi connectivity index (χ3n) is 6.02. The van der Waals surface area contributed by atoms with Gasteiger partial charge in [-0.15, -0.1) is 0 Å². The lowest BCUT2D eigenvalue weighted by atomic mass is 10.0. The summed E-state index contributed by atoms with van der Waals surface area (Å²) >= 11 is 0. The third-order valence-corrected chi connectivity index (χ3v) is 6.02. The van der Waals surface area contributed by atoms with E-state index in [1.165, 1.54) is 0 Å². The molecule has 0 saturated heterocycles. The number of amides is 2. The van der Waals surface area contributed by atoms with E-state index in [-0.39, 0.29) is 11.8 Å². The lowest BCUT2D eigenvalue weighted by Gasteiger charge is -2.17. The lowest BCUT2D eigenvalue weighted by Crippen LogP contribution is -2.27. The Balaban J connectivity index is 1.44. The van der Waals surface area contributed by atoms with E-state index in [4.69, 9.17) is 0 Å². The first kappa shape index (κ1) is 20.0. The molecule has 0 radical (unpaired) electrons. The molecule has 2 amide bonds. The van der Waals surface area contributed by atoms with Crippen LogP contribution in [-0.4, -0.2) is 18.4 Å². The maximum Gasteiger partial charge on any atom is 0.258 e. The zero-order valence-electron chi connectivity index (χ0n) is 18.0. The number of rotatable bonds is 6. The van der Waals surface area contributed by atoms with Gasteiger partial charge in [0.15, 0.2) is 0 Å². The number of nitrogens with one attached hydrogen (secondary N) is 1. The van der Waals surface area contributed by atoms with Gasteiger partial charge in [0, 0.05) is 34.1 Å². The monoisotopic (exact) mass is 420 g/mol. The second kappa shape index (κ2) is 8.31. The van der Waals surface area contributed by atoms with Crippen LogP contribution in [0.4, 0.5) is 11.4 Å². The minimum Gasteiger partial charge on any atom is -0.321 e. The predicted octanol–water partition coefficient (Wildman–Crippen LogP) is 6.52. The predicted molar refractivity (Wildman–Crippen MR) is 130 cm³/mol. The molecule has 4 nitrogen and oxygen atoms in total. The van der Waals surface area contributed by atoms with Gasteiger partial charge in [0.1, 0.15) is 0 Å². The Kier molecular flexibility index (Phi) is 5.20. The molecule has 4 heteroatoms. The van der Waals surface area contributed by atoms with Gasteiger partial charge in [0.2, 0.25) is 0 Å². The van der Waals surface area contributed by atoms with E-state index in [0.717, 1.165) is 40.4 Å². The fourth-order valence-corrected chi connectivity index (χ4v) is 4.33. The highest BCUT2D eigenvalue weighted by Crippen LogP contribution is 2.40. The van der Waals surface area contributed by atoms with Gasteiger partial charge in [-0.1, -0.05) is 67.9 Å². The SMILES string of the molecule is CCCCN1C(=O)c2cccc3c(NC(=O)c4ccc(-c5ccccc5)cc4)ccc1c23. The van der Waals surface area contributed by atoms with Crippen LogP contribution in [0.2, 0.25) is 0 Å². The second-order valence-corrected chi connectivity index (χ2v) is 8.07. The molecule has 158 valence electrons. The van der Waals surface area contributed by atoms with E-state index in [9.17, 15) is 9.59 Å². The molecule has 1 heterocycles. The molecule has 4 aromatic rings. The Morgan fingerprint density at radius 1 is 0.844 bits per heavy atom. The quantitative estimate of drug-likeness (QED) is 0.386. The highest BCUT2D eigenvalue weighted by atomic mass is 16.2. The summed E-state index contributed by atoms with van der Waals surface area (Å²) in [4.78, 5) is 27.8. The Morgan fingerprint density at radius 2 is 1.59 bits per heavy atom. The average Bonchev–Trinajstić information content (AvgIpc) is 3.12. The number of unbranched alkanes of at least 4 members (excludes halogenated alkanes) is 1. The summed E-state index contributed by atoms with van der Waals surface area (Å²) in [6, 6.07) is 27.2. The van der Waals surface area contributed by atoms with Crippen LogP contribution in [0, 0.1) is 0 Å². The molecule has 0 fully saturated rings. The van der Waals surface area contributed by atoms with E-state index in [1.54, 1.807) is 0 Å². The largest absolute Gasteiger partial charge is 0.321 e. The number of carbonyl (C=O) groups excluding carboxylic acids is 2. The molecular weight excluding hydrogens is 396 g/mol. The van der Waals surface area contributed by atoms with Crippen molar-refractivity contribution in [1.82, 2.24) is 0 Å². The van der Waals surface area contributed by atoms with Crippen LogP contribution < -0.4 is 10.2 Å². The molecule has 0 unspecified atom stereocenters. The molecule has 1 aliphatic rings. The standard InChI is InChI=1S/C28H24N2O2/c1-2-3-18-30-25-17-16-24(22-10-7-11-23(26(22)25)28(30)32)29-27(31)21-14-12-20(13-15-21)19-8-5-4-6-9-19/h4-17H,2-3,18H2,1H3,(H,29,31). The van der Waals surface area contributed by atoms with Crippen molar-refractivity contribution in [2.75, 3.05) is 16.8 Å². The summed E-state index contributed by atoms with van der Waals surface area (Å²) in [7, 11) is 0. The molecule has 1 N–H and O–H groups in total. The Bertz CT molecular complexity index is 1310. The number of carbonyl (C=O) groups is 2. The molecule has 0 saturated carbocycles. The third kappa shape index (κ3) is 3.44. The average molecular weight is 421 g/mol. The number of hydrogen-bond acceptors (Lipinski definition) is 2. The molecule has 1 aliphatic heterocycles. The van der Waals surface area contributed by atoms with E-state index < -0.39 is 0 Å². The van der Waals surface area contributed by atoms with Gasteiger partial charge in [-0.2, -0.15) is 0 Å². The maximum atomic E-state index is 13.0. The molecule has 0 aromatic heterocycles. The molecule has 4 aromatic carbocycles. The first-order chi connectivity index (χ1) is 15.7. The van der Waals surface area contributed by atoms with E-state index >= 15 is 0 Å². The van der Waals surface area contributed by atoms with E-state index in [1.807, 2.05) is 89.8 Å². The van der Waals surface area contributed by atoms with Gasteiger partial charge in [-0.05, 0) is 47.9 Å². The normalized spacial score (nSPS) is 12.4. The van der Waals surface area contributed by atoms with Crippen molar-refractivity contribution < 1.29 is 9.59 Å². The molecule has 0 spiro atoms. The first-order valence-corrected chi connectivity index (χ1v) is 11.0. The zero-order chi connectivity index (χ0) is 22.1. The summed E-state index contributed by atoms with van der Waals surface area (Å²) in [6.07, 6.45) is 1.99. The van der Waals surface area contributed by atoms with E-state index in [0.29, 0.717) is 23.4 Å². The highest BCUT2D eigenvalue weighted by Gasteiger charge is 2.30. The van der Waals surface area contributed by atoms with Crippen LogP contribution >= 0.6 is 0 Å². The highest BCUT2D eigenvalue weighted by molar-refractivity contribution is 6.27. The van der Waals surface area contributed by atoms with Gasteiger partial charge < -0.3 is 10.2 Å². The van der Waals surface area contributed by atoms with Crippen molar-refractivity contribution >= 4 is 34.0 Å². The minimum atomic E-state index is -0.169. The van der Waals surface area contributed by atoms with Crippen molar-refractivity contribution in [3.63, 3.8) is 0 Å². The molecule has 0 atom stereocenters. The van der Waals surface area contributed by atoms with Gasteiger partial charge in [0.05, 0.1) is 5.69 Å². The molecule has 5 rings (SSSR count). The van der Waals surface area contributed by atoms with Crippen LogP contribution in [0.5, 0.6) is 0 Å². The fourth-order valence-electron chi connectivity index (χ4n) is 4.33. The second-order valence-electron chi connectivity index (χ2n) is 8.07. The van der Waals surface area contributed by atoms with Crippen molar-refractivity contribution in [2.24, 2.45) is 0 Å². The fraction of sp³-hybridized carbons (Fsp3) is 0.143.